The van der Waals surface area contributed by atoms with E-state index in [0.717, 1.165) is 5.75 Å². The third kappa shape index (κ3) is 3.28. The molecule has 0 bridgehead atoms. The molecule has 1 aromatic carbocycles. The monoisotopic (exact) mass is 181 g/mol. The van der Waals surface area contributed by atoms with Crippen LogP contribution in [0.3, 0.4) is 0 Å². The van der Waals surface area contributed by atoms with Gasteiger partial charge < -0.3 is 5.73 Å². The lowest BCUT2D eigenvalue weighted by atomic mass is 10.2. The van der Waals surface area contributed by atoms with Crippen LogP contribution in [-0.4, -0.2) is 11.8 Å². The molecule has 0 aliphatic rings. The summed E-state index contributed by atoms with van der Waals surface area (Å²) in [6.45, 7) is 4.13. The Morgan fingerprint density at radius 2 is 1.92 bits per heavy atom. The van der Waals surface area contributed by atoms with Crippen molar-refractivity contribution in [2.45, 2.75) is 24.8 Å². The standard InChI is InChI=1S/C10H15NS/c1-8-3-5-10(6-4-8)12-7-9(2)11/h3-6,9H,7,11H2,1-2H3/t9-/m1/s1. The molecule has 0 spiro atoms. The molecule has 1 aromatic rings. The molecule has 1 atom stereocenters. The number of hydrogen-bond acceptors (Lipinski definition) is 2. The second-order valence-corrected chi connectivity index (χ2v) is 4.19. The molecule has 0 saturated carbocycles. The highest BCUT2D eigenvalue weighted by atomic mass is 32.2. The van der Waals surface area contributed by atoms with Crippen LogP contribution in [-0.2, 0) is 0 Å². The first-order valence-corrected chi connectivity index (χ1v) is 5.12. The maximum Gasteiger partial charge on any atom is 0.0129 e. The number of benzene rings is 1. The Bertz CT molecular complexity index is 228. The van der Waals surface area contributed by atoms with Crippen molar-refractivity contribution in [2.24, 2.45) is 5.73 Å². The zero-order valence-electron chi connectivity index (χ0n) is 7.58. The number of thioether (sulfide) groups is 1. The van der Waals surface area contributed by atoms with E-state index < -0.39 is 0 Å². The summed E-state index contributed by atoms with van der Waals surface area (Å²) >= 11 is 1.81. The summed E-state index contributed by atoms with van der Waals surface area (Å²) in [6.07, 6.45) is 0. The van der Waals surface area contributed by atoms with Gasteiger partial charge >= 0.3 is 0 Å². The highest BCUT2D eigenvalue weighted by molar-refractivity contribution is 7.99. The van der Waals surface area contributed by atoms with Crippen LogP contribution >= 0.6 is 11.8 Å². The quantitative estimate of drug-likeness (QED) is 0.725. The molecular formula is C10H15NS. The lowest BCUT2D eigenvalue weighted by Gasteiger charge is -2.04. The summed E-state index contributed by atoms with van der Waals surface area (Å²) in [6, 6.07) is 8.81. The van der Waals surface area contributed by atoms with Crippen molar-refractivity contribution in [1.29, 1.82) is 0 Å². The highest BCUT2D eigenvalue weighted by Gasteiger charge is 1.96. The number of rotatable bonds is 3. The predicted molar refractivity (Wildman–Crippen MR) is 55.6 cm³/mol. The van der Waals surface area contributed by atoms with Crippen molar-refractivity contribution in [3.8, 4) is 0 Å². The molecule has 0 fully saturated rings. The van der Waals surface area contributed by atoms with Crippen LogP contribution in [0.1, 0.15) is 12.5 Å². The van der Waals surface area contributed by atoms with E-state index >= 15 is 0 Å². The molecule has 0 aliphatic heterocycles. The zero-order valence-corrected chi connectivity index (χ0v) is 8.40. The van der Waals surface area contributed by atoms with Crippen molar-refractivity contribution in [3.63, 3.8) is 0 Å². The largest absolute Gasteiger partial charge is 0.327 e. The Morgan fingerprint density at radius 1 is 1.33 bits per heavy atom. The molecule has 12 heavy (non-hydrogen) atoms. The van der Waals surface area contributed by atoms with Gasteiger partial charge in [-0.2, -0.15) is 0 Å². The van der Waals surface area contributed by atoms with E-state index in [-0.39, 0.29) is 6.04 Å². The van der Waals surface area contributed by atoms with Gasteiger partial charge in [-0.1, -0.05) is 17.7 Å². The topological polar surface area (TPSA) is 26.0 Å². The van der Waals surface area contributed by atoms with E-state index in [0.29, 0.717) is 0 Å². The number of nitrogens with two attached hydrogens (primary N) is 1. The Balaban J connectivity index is 2.48. The second-order valence-electron chi connectivity index (χ2n) is 3.10. The SMILES string of the molecule is Cc1ccc(SC[C@@H](C)N)cc1. The molecule has 2 heteroatoms. The van der Waals surface area contributed by atoms with E-state index in [1.54, 1.807) is 0 Å². The summed E-state index contributed by atoms with van der Waals surface area (Å²) in [4.78, 5) is 1.30. The minimum absolute atomic E-state index is 0.274. The molecular weight excluding hydrogens is 166 g/mol. The molecule has 0 aromatic heterocycles. The zero-order chi connectivity index (χ0) is 8.97. The summed E-state index contributed by atoms with van der Waals surface area (Å²) in [5.74, 6) is 0.989. The summed E-state index contributed by atoms with van der Waals surface area (Å²) in [5, 5.41) is 0. The number of hydrogen-bond donors (Lipinski definition) is 1. The minimum Gasteiger partial charge on any atom is -0.327 e. The molecule has 0 heterocycles. The van der Waals surface area contributed by atoms with Gasteiger partial charge in [0.25, 0.3) is 0 Å². The van der Waals surface area contributed by atoms with Crippen molar-refractivity contribution < 1.29 is 0 Å². The summed E-state index contributed by atoms with van der Waals surface area (Å²) in [5.41, 5.74) is 6.96. The second kappa shape index (κ2) is 4.53. The van der Waals surface area contributed by atoms with Gasteiger partial charge in [0.15, 0.2) is 0 Å². The van der Waals surface area contributed by atoms with Crippen LogP contribution in [0.25, 0.3) is 0 Å². The van der Waals surface area contributed by atoms with Gasteiger partial charge in [-0.05, 0) is 26.0 Å². The number of aryl methyl sites for hydroxylation is 1. The van der Waals surface area contributed by atoms with Crippen molar-refractivity contribution >= 4 is 11.8 Å². The molecule has 0 radical (unpaired) electrons. The van der Waals surface area contributed by atoms with Crippen molar-refractivity contribution in [1.82, 2.24) is 0 Å². The third-order valence-electron chi connectivity index (χ3n) is 1.53. The van der Waals surface area contributed by atoms with Gasteiger partial charge in [-0.3, -0.25) is 0 Å². The van der Waals surface area contributed by atoms with Crippen LogP contribution in [0.15, 0.2) is 29.2 Å². The third-order valence-corrected chi connectivity index (χ3v) is 2.83. The maximum atomic E-state index is 5.65. The Hall–Kier alpha value is -0.470. The van der Waals surface area contributed by atoms with Crippen molar-refractivity contribution in [2.75, 3.05) is 5.75 Å². The van der Waals surface area contributed by atoms with Gasteiger partial charge in [-0.15, -0.1) is 11.8 Å². The molecule has 2 N–H and O–H groups in total. The normalized spacial score (nSPS) is 12.9. The maximum absolute atomic E-state index is 5.65. The van der Waals surface area contributed by atoms with Crippen LogP contribution in [0.4, 0.5) is 0 Å². The Morgan fingerprint density at radius 3 is 2.42 bits per heavy atom. The first-order chi connectivity index (χ1) is 5.68. The van der Waals surface area contributed by atoms with Gasteiger partial charge in [-0.25, -0.2) is 0 Å². The Kier molecular flexibility index (Phi) is 3.63. The minimum atomic E-state index is 0.274. The predicted octanol–water partition coefficient (Wildman–Crippen LogP) is 2.43. The smallest absolute Gasteiger partial charge is 0.0129 e. The fraction of sp³-hybridized carbons (Fsp3) is 0.400. The van der Waals surface area contributed by atoms with Gasteiger partial charge in [0.1, 0.15) is 0 Å². The lowest BCUT2D eigenvalue weighted by Crippen LogP contribution is -2.17. The highest BCUT2D eigenvalue weighted by Crippen LogP contribution is 2.18. The fourth-order valence-corrected chi connectivity index (χ4v) is 1.65. The van der Waals surface area contributed by atoms with E-state index in [1.165, 1.54) is 10.5 Å². The molecule has 0 amide bonds. The average molecular weight is 181 g/mol. The van der Waals surface area contributed by atoms with Crippen LogP contribution in [0.5, 0.6) is 0 Å². The average Bonchev–Trinajstić information content (AvgIpc) is 2.03. The van der Waals surface area contributed by atoms with Crippen LogP contribution in [0.2, 0.25) is 0 Å². The van der Waals surface area contributed by atoms with E-state index in [2.05, 4.69) is 31.2 Å². The van der Waals surface area contributed by atoms with Crippen LogP contribution in [0, 0.1) is 6.92 Å². The van der Waals surface area contributed by atoms with Crippen LogP contribution < -0.4 is 5.73 Å². The first kappa shape index (κ1) is 9.62. The summed E-state index contributed by atoms with van der Waals surface area (Å²) in [7, 11) is 0. The van der Waals surface area contributed by atoms with Crippen molar-refractivity contribution in [3.05, 3.63) is 29.8 Å². The van der Waals surface area contributed by atoms with Gasteiger partial charge in [0.2, 0.25) is 0 Å². The molecule has 0 aliphatic carbocycles. The van der Waals surface area contributed by atoms with E-state index in [9.17, 15) is 0 Å². The first-order valence-electron chi connectivity index (χ1n) is 4.13. The fourth-order valence-electron chi connectivity index (χ4n) is 0.862. The molecule has 1 rings (SSSR count). The van der Waals surface area contributed by atoms with Gasteiger partial charge in [0, 0.05) is 16.7 Å². The lowest BCUT2D eigenvalue weighted by molar-refractivity contribution is 0.847. The van der Waals surface area contributed by atoms with Gasteiger partial charge in [0.05, 0.1) is 0 Å². The summed E-state index contributed by atoms with van der Waals surface area (Å²) < 4.78 is 0. The van der Waals surface area contributed by atoms with E-state index in [4.69, 9.17) is 5.73 Å². The molecule has 0 saturated heterocycles. The molecule has 0 unspecified atom stereocenters. The molecule has 1 nitrogen and oxygen atoms in total. The molecule has 66 valence electrons. The Labute approximate surface area is 78.4 Å². The van der Waals surface area contributed by atoms with E-state index in [1.807, 2.05) is 18.7 Å².